The van der Waals surface area contributed by atoms with E-state index in [1.165, 1.54) is 49.8 Å². The van der Waals surface area contributed by atoms with E-state index in [9.17, 15) is 0 Å². The van der Waals surface area contributed by atoms with Gasteiger partial charge in [0.05, 0.1) is 10.9 Å². The Morgan fingerprint density at radius 2 is 1.43 bits per heavy atom. The number of aryl methyl sites for hydroxylation is 1. The topological polar surface area (TPSA) is 3.88 Å². The van der Waals surface area contributed by atoms with Crippen LogP contribution >= 0.6 is 0 Å². The molecule has 0 radical (unpaired) electrons. The molecular formula is C29H30N+. The van der Waals surface area contributed by atoms with E-state index in [4.69, 9.17) is 0 Å². The van der Waals surface area contributed by atoms with Crippen LogP contribution < -0.4 is 4.57 Å². The highest BCUT2D eigenvalue weighted by Crippen LogP contribution is 2.54. The minimum Gasteiger partial charge on any atom is -0.200 e. The molecule has 0 amide bonds. The molecule has 5 rings (SSSR count). The zero-order chi connectivity index (χ0) is 21.3. The van der Waals surface area contributed by atoms with Crippen LogP contribution in [0.2, 0.25) is 0 Å². The molecule has 1 aliphatic carbocycles. The van der Waals surface area contributed by atoms with Crippen LogP contribution in [0.5, 0.6) is 0 Å². The summed E-state index contributed by atoms with van der Waals surface area (Å²) in [5, 5.41) is 2.59. The molecule has 0 saturated carbocycles. The third-order valence-electron chi connectivity index (χ3n) is 6.80. The summed E-state index contributed by atoms with van der Waals surface area (Å²) < 4.78 is 2.28. The van der Waals surface area contributed by atoms with Crippen molar-refractivity contribution in [2.45, 2.75) is 45.4 Å². The Morgan fingerprint density at radius 3 is 2.20 bits per heavy atom. The molecule has 4 aromatic rings. The van der Waals surface area contributed by atoms with Gasteiger partial charge in [-0.15, -0.1) is 0 Å². The van der Waals surface area contributed by atoms with E-state index >= 15 is 0 Å². The van der Waals surface area contributed by atoms with Crippen LogP contribution in [-0.4, -0.2) is 0 Å². The van der Waals surface area contributed by atoms with E-state index in [0.717, 1.165) is 0 Å². The molecule has 0 unspecified atom stereocenters. The fraction of sp³-hybridized carbons (Fsp3) is 0.276. The van der Waals surface area contributed by atoms with E-state index in [2.05, 4.69) is 119 Å². The molecule has 0 N–H and O–H groups in total. The molecule has 0 bridgehead atoms. The van der Waals surface area contributed by atoms with Crippen molar-refractivity contribution in [1.29, 1.82) is 0 Å². The van der Waals surface area contributed by atoms with Crippen molar-refractivity contribution in [2.75, 3.05) is 0 Å². The van der Waals surface area contributed by atoms with Gasteiger partial charge in [0.2, 0.25) is 5.69 Å². The highest BCUT2D eigenvalue weighted by Gasteiger charge is 2.40. The standard InChI is InChI=1S/C29H30N/c1-28(2,3)26-22(27-20-12-8-7-11-19(20)17-18-30(27)6)15-16-24-25(26)21-13-9-10-14-23(21)29(24,4)5/h7-18H,1-6H3/q+1. The zero-order valence-corrected chi connectivity index (χ0v) is 18.9. The summed E-state index contributed by atoms with van der Waals surface area (Å²) >= 11 is 0. The molecule has 0 atom stereocenters. The van der Waals surface area contributed by atoms with Crippen molar-refractivity contribution in [2.24, 2.45) is 7.05 Å². The molecule has 150 valence electrons. The second kappa shape index (κ2) is 6.28. The highest BCUT2D eigenvalue weighted by molar-refractivity contribution is 5.97. The number of hydrogen-bond donors (Lipinski definition) is 0. The Bertz CT molecular complexity index is 1300. The maximum Gasteiger partial charge on any atom is 0.220 e. The van der Waals surface area contributed by atoms with Crippen molar-refractivity contribution in [3.05, 3.63) is 89.6 Å². The predicted molar refractivity (Wildman–Crippen MR) is 127 cm³/mol. The highest BCUT2D eigenvalue weighted by atomic mass is 14.9. The molecule has 0 fully saturated rings. The van der Waals surface area contributed by atoms with Crippen LogP contribution in [0.1, 0.15) is 51.3 Å². The second-order valence-corrected chi connectivity index (χ2v) is 10.2. The molecular weight excluding hydrogens is 362 g/mol. The van der Waals surface area contributed by atoms with Crippen LogP contribution in [0.3, 0.4) is 0 Å². The quantitative estimate of drug-likeness (QED) is 0.309. The fourth-order valence-electron chi connectivity index (χ4n) is 5.42. The third kappa shape index (κ3) is 2.58. The van der Waals surface area contributed by atoms with Gasteiger partial charge in [-0.2, -0.15) is 0 Å². The van der Waals surface area contributed by atoms with Crippen molar-refractivity contribution in [3.63, 3.8) is 0 Å². The van der Waals surface area contributed by atoms with Gasteiger partial charge in [0.1, 0.15) is 7.05 Å². The molecule has 0 aliphatic heterocycles. The normalized spacial score (nSPS) is 14.6. The van der Waals surface area contributed by atoms with Crippen LogP contribution in [0.15, 0.2) is 72.9 Å². The summed E-state index contributed by atoms with van der Waals surface area (Å²) in [7, 11) is 2.17. The summed E-state index contributed by atoms with van der Waals surface area (Å²) in [6.07, 6.45) is 2.19. The maximum absolute atomic E-state index is 2.38. The average Bonchev–Trinajstić information content (AvgIpc) is 2.94. The van der Waals surface area contributed by atoms with Gasteiger partial charge in [-0.05, 0) is 50.8 Å². The minimum atomic E-state index is 0.0121. The van der Waals surface area contributed by atoms with Crippen LogP contribution in [0.25, 0.3) is 33.2 Å². The van der Waals surface area contributed by atoms with E-state index in [1.807, 2.05) is 0 Å². The van der Waals surface area contributed by atoms with Gasteiger partial charge in [0.15, 0.2) is 6.20 Å². The summed E-state index contributed by atoms with van der Waals surface area (Å²) in [5.41, 5.74) is 9.83. The summed E-state index contributed by atoms with van der Waals surface area (Å²) in [4.78, 5) is 0. The molecule has 0 spiro atoms. The Hall–Kier alpha value is -2.93. The van der Waals surface area contributed by atoms with Gasteiger partial charge in [0.25, 0.3) is 0 Å². The minimum absolute atomic E-state index is 0.0121. The lowest BCUT2D eigenvalue weighted by atomic mass is 9.75. The second-order valence-electron chi connectivity index (χ2n) is 10.2. The van der Waals surface area contributed by atoms with Crippen LogP contribution in [0.4, 0.5) is 0 Å². The summed E-state index contributed by atoms with van der Waals surface area (Å²) in [5.74, 6) is 0. The summed E-state index contributed by atoms with van der Waals surface area (Å²) in [6.45, 7) is 11.8. The molecule has 1 aliphatic rings. The lowest BCUT2D eigenvalue weighted by molar-refractivity contribution is -0.659. The Labute approximate surface area is 180 Å². The molecule has 1 aromatic heterocycles. The van der Waals surface area contributed by atoms with Gasteiger partial charge in [-0.3, -0.25) is 0 Å². The van der Waals surface area contributed by atoms with E-state index in [1.54, 1.807) is 0 Å². The lowest BCUT2D eigenvalue weighted by Gasteiger charge is -2.28. The van der Waals surface area contributed by atoms with Crippen molar-refractivity contribution in [1.82, 2.24) is 0 Å². The van der Waals surface area contributed by atoms with Gasteiger partial charge < -0.3 is 0 Å². The van der Waals surface area contributed by atoms with Gasteiger partial charge >= 0.3 is 0 Å². The van der Waals surface area contributed by atoms with Gasteiger partial charge in [-0.1, -0.05) is 83.1 Å². The smallest absolute Gasteiger partial charge is 0.200 e. The number of nitrogens with zero attached hydrogens (tertiary/aromatic N) is 1. The Morgan fingerprint density at radius 1 is 0.733 bits per heavy atom. The average molecular weight is 393 g/mol. The fourth-order valence-corrected chi connectivity index (χ4v) is 5.42. The van der Waals surface area contributed by atoms with Crippen molar-refractivity contribution < 1.29 is 4.57 Å². The first-order chi connectivity index (χ1) is 14.2. The Kier molecular flexibility index (Phi) is 3.99. The van der Waals surface area contributed by atoms with Gasteiger partial charge in [-0.25, -0.2) is 4.57 Å². The first kappa shape index (κ1) is 19.1. The molecule has 30 heavy (non-hydrogen) atoms. The predicted octanol–water partition coefficient (Wildman–Crippen LogP) is 6.94. The number of benzene rings is 3. The zero-order valence-electron chi connectivity index (χ0n) is 18.9. The lowest BCUT2D eigenvalue weighted by Crippen LogP contribution is -2.32. The molecule has 1 nitrogen and oxygen atoms in total. The monoisotopic (exact) mass is 392 g/mol. The van der Waals surface area contributed by atoms with Crippen LogP contribution in [0, 0.1) is 0 Å². The largest absolute Gasteiger partial charge is 0.220 e. The first-order valence-corrected chi connectivity index (χ1v) is 10.9. The number of pyridine rings is 1. The maximum atomic E-state index is 2.38. The first-order valence-electron chi connectivity index (χ1n) is 10.9. The van der Waals surface area contributed by atoms with Gasteiger partial charge in [0, 0.05) is 11.5 Å². The van der Waals surface area contributed by atoms with E-state index in [0.29, 0.717) is 0 Å². The van der Waals surface area contributed by atoms with Crippen molar-refractivity contribution >= 4 is 10.8 Å². The number of rotatable bonds is 1. The molecule has 1 heteroatoms. The number of aromatic nitrogens is 1. The Balaban J connectivity index is 1.95. The number of fused-ring (bicyclic) bond motifs is 4. The summed E-state index contributed by atoms with van der Waals surface area (Å²) in [6, 6.07) is 24.7. The van der Waals surface area contributed by atoms with Crippen LogP contribution in [-0.2, 0) is 17.9 Å². The van der Waals surface area contributed by atoms with E-state index < -0.39 is 0 Å². The van der Waals surface area contributed by atoms with Crippen molar-refractivity contribution in [3.8, 4) is 22.4 Å². The van der Waals surface area contributed by atoms with E-state index in [-0.39, 0.29) is 10.8 Å². The molecule has 0 saturated heterocycles. The molecule has 3 aromatic carbocycles. The SMILES string of the molecule is C[n+]1ccc2ccccc2c1-c1ccc2c(c1C(C)(C)C)-c1ccccc1C2(C)C. The number of hydrogen-bond acceptors (Lipinski definition) is 0. The molecule has 1 heterocycles. The third-order valence-corrected chi connectivity index (χ3v) is 6.80.